The van der Waals surface area contributed by atoms with Gasteiger partial charge in [-0.1, -0.05) is 6.07 Å². The van der Waals surface area contributed by atoms with Crippen LogP contribution >= 0.6 is 24.8 Å². The van der Waals surface area contributed by atoms with Crippen LogP contribution in [-0.4, -0.2) is 9.97 Å². The van der Waals surface area contributed by atoms with Crippen molar-refractivity contribution in [3.8, 4) is 0 Å². The second kappa shape index (κ2) is 5.35. The van der Waals surface area contributed by atoms with Crippen molar-refractivity contribution in [2.45, 2.75) is 20.4 Å². The summed E-state index contributed by atoms with van der Waals surface area (Å²) in [5.41, 5.74) is 10.1. The Labute approximate surface area is 101 Å². The van der Waals surface area contributed by atoms with Crippen LogP contribution < -0.4 is 5.73 Å². The average Bonchev–Trinajstić information content (AvgIpc) is 2.55. The summed E-state index contributed by atoms with van der Waals surface area (Å²) in [6, 6.07) is 4.14. The molecule has 0 aliphatic heterocycles. The lowest BCUT2D eigenvalue weighted by Crippen LogP contribution is -1.97. The Morgan fingerprint density at radius 1 is 1.27 bits per heavy atom. The largest absolute Gasteiger partial charge is 0.341 e. The number of nitrogens with two attached hydrogens (primary N) is 1. The van der Waals surface area contributed by atoms with E-state index in [1.54, 1.807) is 0 Å². The smallest absolute Gasteiger partial charge is 0.121 e. The maximum absolute atomic E-state index is 5.51. The summed E-state index contributed by atoms with van der Waals surface area (Å²) in [6.45, 7) is 4.64. The Hall–Kier alpha value is -0.770. The topological polar surface area (TPSA) is 54.7 Å². The van der Waals surface area contributed by atoms with E-state index >= 15 is 0 Å². The molecule has 1 aromatic carbocycles. The van der Waals surface area contributed by atoms with E-state index in [4.69, 9.17) is 5.73 Å². The fourth-order valence-corrected chi connectivity index (χ4v) is 1.46. The molecule has 1 heterocycles. The lowest BCUT2D eigenvalue weighted by molar-refractivity contribution is 0.958. The van der Waals surface area contributed by atoms with Crippen LogP contribution in [0, 0.1) is 13.8 Å². The fourth-order valence-electron chi connectivity index (χ4n) is 1.46. The summed E-state index contributed by atoms with van der Waals surface area (Å²) in [5.74, 6) is 0.851. The van der Waals surface area contributed by atoms with Gasteiger partial charge in [0.15, 0.2) is 0 Å². The molecule has 5 heteroatoms. The van der Waals surface area contributed by atoms with Crippen LogP contribution in [0.5, 0.6) is 0 Å². The Kier molecular flexibility index (Phi) is 5.08. The molecule has 0 unspecified atom stereocenters. The van der Waals surface area contributed by atoms with Crippen LogP contribution in [0.1, 0.15) is 17.0 Å². The molecule has 0 radical (unpaired) electrons. The maximum Gasteiger partial charge on any atom is 0.121 e. The predicted molar refractivity (Wildman–Crippen MR) is 68.0 cm³/mol. The average molecular weight is 248 g/mol. The number of nitrogens with one attached hydrogen (secondary N) is 1. The van der Waals surface area contributed by atoms with Crippen LogP contribution in [-0.2, 0) is 6.54 Å². The summed E-state index contributed by atoms with van der Waals surface area (Å²) >= 11 is 0. The number of imidazole rings is 1. The zero-order valence-electron chi connectivity index (χ0n) is 8.70. The van der Waals surface area contributed by atoms with Gasteiger partial charge in [0.25, 0.3) is 0 Å². The first-order chi connectivity index (χ1) is 6.22. The van der Waals surface area contributed by atoms with E-state index in [1.165, 1.54) is 11.1 Å². The molecule has 3 N–H and O–H groups in total. The zero-order chi connectivity index (χ0) is 9.42. The minimum atomic E-state index is 0. The Morgan fingerprint density at radius 3 is 2.53 bits per heavy atom. The predicted octanol–water partition coefficient (Wildman–Crippen LogP) is 2.48. The second-order valence-corrected chi connectivity index (χ2v) is 3.29. The first-order valence-corrected chi connectivity index (χ1v) is 4.37. The highest BCUT2D eigenvalue weighted by atomic mass is 35.5. The van der Waals surface area contributed by atoms with E-state index in [0.717, 1.165) is 16.9 Å². The van der Waals surface area contributed by atoms with Crippen LogP contribution in [0.2, 0.25) is 0 Å². The van der Waals surface area contributed by atoms with Crippen molar-refractivity contribution in [1.82, 2.24) is 9.97 Å². The molecule has 0 saturated carbocycles. The Morgan fingerprint density at radius 2 is 1.93 bits per heavy atom. The van der Waals surface area contributed by atoms with Gasteiger partial charge in [-0.2, -0.15) is 0 Å². The molecule has 0 spiro atoms. The molecule has 0 bridgehead atoms. The highest BCUT2D eigenvalue weighted by Gasteiger charge is 2.04. The summed E-state index contributed by atoms with van der Waals surface area (Å²) in [7, 11) is 0. The molecule has 0 fully saturated rings. The van der Waals surface area contributed by atoms with E-state index in [0.29, 0.717) is 6.54 Å². The monoisotopic (exact) mass is 247 g/mol. The van der Waals surface area contributed by atoms with Gasteiger partial charge >= 0.3 is 0 Å². The van der Waals surface area contributed by atoms with Gasteiger partial charge in [-0.05, 0) is 31.0 Å². The van der Waals surface area contributed by atoms with Crippen LogP contribution in [0.3, 0.4) is 0 Å². The number of hydrogen-bond donors (Lipinski definition) is 2. The van der Waals surface area contributed by atoms with Gasteiger partial charge in [0.2, 0.25) is 0 Å². The second-order valence-electron chi connectivity index (χ2n) is 3.29. The third-order valence-electron chi connectivity index (χ3n) is 2.42. The summed E-state index contributed by atoms with van der Waals surface area (Å²) in [6.07, 6.45) is 0. The highest BCUT2D eigenvalue weighted by molar-refractivity contribution is 5.85. The number of aryl methyl sites for hydroxylation is 2. The fraction of sp³-hybridized carbons (Fsp3) is 0.300. The van der Waals surface area contributed by atoms with Crippen molar-refractivity contribution in [1.29, 1.82) is 0 Å². The minimum Gasteiger partial charge on any atom is -0.341 e. The summed E-state index contributed by atoms with van der Waals surface area (Å²) in [5, 5.41) is 0. The van der Waals surface area contributed by atoms with Crippen molar-refractivity contribution in [2.75, 3.05) is 0 Å². The van der Waals surface area contributed by atoms with Crippen molar-refractivity contribution in [2.24, 2.45) is 5.73 Å². The van der Waals surface area contributed by atoms with Crippen LogP contribution in [0.4, 0.5) is 0 Å². The summed E-state index contributed by atoms with van der Waals surface area (Å²) in [4.78, 5) is 7.59. The first-order valence-electron chi connectivity index (χ1n) is 4.37. The number of H-pyrrole nitrogens is 1. The van der Waals surface area contributed by atoms with Gasteiger partial charge in [0.1, 0.15) is 5.82 Å². The maximum atomic E-state index is 5.51. The van der Waals surface area contributed by atoms with Crippen molar-refractivity contribution in [3.05, 3.63) is 29.1 Å². The van der Waals surface area contributed by atoms with Gasteiger partial charge in [0.05, 0.1) is 17.6 Å². The lowest BCUT2D eigenvalue weighted by atomic mass is 10.1. The van der Waals surface area contributed by atoms with E-state index in [9.17, 15) is 0 Å². The molecule has 0 amide bonds. The van der Waals surface area contributed by atoms with Crippen LogP contribution in [0.15, 0.2) is 12.1 Å². The molecule has 0 saturated heterocycles. The number of halogens is 2. The summed E-state index contributed by atoms with van der Waals surface area (Å²) < 4.78 is 0. The van der Waals surface area contributed by atoms with E-state index in [2.05, 4.69) is 29.9 Å². The number of aromatic amines is 1. The lowest BCUT2D eigenvalue weighted by Gasteiger charge is -1.98. The third-order valence-corrected chi connectivity index (χ3v) is 2.42. The van der Waals surface area contributed by atoms with Crippen molar-refractivity contribution < 1.29 is 0 Å². The highest BCUT2D eigenvalue weighted by Crippen LogP contribution is 2.18. The molecule has 0 aliphatic carbocycles. The number of rotatable bonds is 1. The Balaban J connectivity index is 0.000000980. The van der Waals surface area contributed by atoms with Crippen molar-refractivity contribution in [3.63, 3.8) is 0 Å². The minimum absolute atomic E-state index is 0. The number of hydrogen-bond acceptors (Lipinski definition) is 2. The van der Waals surface area contributed by atoms with E-state index < -0.39 is 0 Å². The SMILES string of the molecule is Cc1ccc2[nH]c(CN)nc2c1C.Cl.Cl. The Bertz CT molecular complexity index is 451. The number of benzene rings is 1. The molecule has 1 aromatic heterocycles. The van der Waals surface area contributed by atoms with Crippen LogP contribution in [0.25, 0.3) is 11.0 Å². The standard InChI is InChI=1S/C10H13N3.2ClH/c1-6-3-4-8-10(7(6)2)13-9(5-11)12-8;;/h3-4H,5,11H2,1-2H3,(H,12,13);2*1H. The van der Waals surface area contributed by atoms with Crippen molar-refractivity contribution >= 4 is 35.8 Å². The molecule has 0 atom stereocenters. The van der Waals surface area contributed by atoms with E-state index in [-0.39, 0.29) is 24.8 Å². The number of fused-ring (bicyclic) bond motifs is 1. The quantitative estimate of drug-likeness (QED) is 0.814. The normalized spacial score (nSPS) is 9.53. The number of nitrogens with zero attached hydrogens (tertiary/aromatic N) is 1. The molecule has 3 nitrogen and oxygen atoms in total. The molecule has 84 valence electrons. The molecule has 15 heavy (non-hydrogen) atoms. The molecule has 0 aliphatic rings. The molecule has 2 aromatic rings. The third kappa shape index (κ3) is 2.43. The molecule has 2 rings (SSSR count). The first kappa shape index (κ1) is 14.2. The number of aromatic nitrogens is 2. The van der Waals surface area contributed by atoms with Gasteiger partial charge in [-0.25, -0.2) is 4.98 Å². The molecular formula is C10H15Cl2N3. The van der Waals surface area contributed by atoms with Gasteiger partial charge in [-0.3, -0.25) is 0 Å². The van der Waals surface area contributed by atoms with Gasteiger partial charge in [-0.15, -0.1) is 24.8 Å². The van der Waals surface area contributed by atoms with Gasteiger partial charge in [0, 0.05) is 0 Å². The van der Waals surface area contributed by atoms with Gasteiger partial charge < -0.3 is 10.7 Å². The molecular weight excluding hydrogens is 233 g/mol. The van der Waals surface area contributed by atoms with E-state index in [1.807, 2.05) is 6.07 Å². The zero-order valence-corrected chi connectivity index (χ0v) is 10.3.